The Bertz CT molecular complexity index is 862. The lowest BCUT2D eigenvalue weighted by molar-refractivity contribution is -0.233. The fourth-order valence-electron chi connectivity index (χ4n) is 8.29. The molecular formula is C28H44O7. The van der Waals surface area contributed by atoms with Crippen molar-refractivity contribution in [3.8, 4) is 0 Å². The molecule has 4 saturated carbocycles. The van der Waals surface area contributed by atoms with Gasteiger partial charge in [0.2, 0.25) is 0 Å². The van der Waals surface area contributed by atoms with E-state index in [9.17, 15) is 19.5 Å². The maximum atomic E-state index is 12.7. The highest BCUT2D eigenvalue weighted by Gasteiger charge is 2.69. The number of fused-ring (bicyclic) bond motifs is 5. The fourth-order valence-corrected chi connectivity index (χ4v) is 8.29. The first kappa shape index (κ1) is 26.4. The molecule has 3 unspecified atom stereocenters. The van der Waals surface area contributed by atoms with Crippen LogP contribution in [0, 0.1) is 34.0 Å². The SMILES string of the molecule is CC(=O)OC[C@]12CCC(OC(C)=O)CC1CC[C@@H]1[C@H]2CC[C@]2(C)C(OC(=O)C(C)(C)C)CC[C@@]12O. The molecule has 0 aromatic carbocycles. The van der Waals surface area contributed by atoms with Gasteiger partial charge in [-0.05, 0) is 96.3 Å². The largest absolute Gasteiger partial charge is 0.465 e. The van der Waals surface area contributed by atoms with E-state index in [0.717, 1.165) is 44.9 Å². The molecule has 0 aromatic heterocycles. The van der Waals surface area contributed by atoms with Gasteiger partial charge in [-0.1, -0.05) is 6.92 Å². The third-order valence-electron chi connectivity index (χ3n) is 10.2. The molecule has 7 nitrogen and oxygen atoms in total. The molecule has 0 heterocycles. The highest BCUT2D eigenvalue weighted by Crippen LogP contribution is 2.68. The number of rotatable bonds is 4. The van der Waals surface area contributed by atoms with Crippen molar-refractivity contribution in [3.63, 3.8) is 0 Å². The van der Waals surface area contributed by atoms with Crippen molar-refractivity contribution < 1.29 is 33.7 Å². The average Bonchev–Trinajstić information content (AvgIpc) is 3.02. The molecule has 0 radical (unpaired) electrons. The Kier molecular flexibility index (Phi) is 6.83. The topological polar surface area (TPSA) is 99.1 Å². The normalized spacial score (nSPS) is 42.8. The second-order valence-electron chi connectivity index (χ2n) is 13.1. The van der Waals surface area contributed by atoms with Crippen molar-refractivity contribution in [2.24, 2.45) is 34.0 Å². The summed E-state index contributed by atoms with van der Waals surface area (Å²) in [6.07, 6.45) is 6.74. The van der Waals surface area contributed by atoms with Crippen molar-refractivity contribution >= 4 is 17.9 Å². The number of aliphatic hydroxyl groups is 1. The summed E-state index contributed by atoms with van der Waals surface area (Å²) in [5, 5.41) is 12.3. The van der Waals surface area contributed by atoms with Gasteiger partial charge in [-0.25, -0.2) is 0 Å². The summed E-state index contributed by atoms with van der Waals surface area (Å²) >= 11 is 0. The summed E-state index contributed by atoms with van der Waals surface area (Å²) in [5.41, 5.74) is -2.21. The number of ether oxygens (including phenoxy) is 3. The zero-order valence-corrected chi connectivity index (χ0v) is 22.4. The van der Waals surface area contributed by atoms with Crippen LogP contribution >= 0.6 is 0 Å². The number of carbonyl (C=O) groups is 3. The maximum Gasteiger partial charge on any atom is 0.311 e. The number of hydrogen-bond donors (Lipinski definition) is 1. The van der Waals surface area contributed by atoms with Crippen LogP contribution in [0.25, 0.3) is 0 Å². The third-order valence-corrected chi connectivity index (χ3v) is 10.2. The van der Waals surface area contributed by atoms with E-state index in [2.05, 4.69) is 6.92 Å². The zero-order valence-electron chi connectivity index (χ0n) is 22.4. The molecule has 0 amide bonds. The highest BCUT2D eigenvalue weighted by atomic mass is 16.6. The smallest absolute Gasteiger partial charge is 0.311 e. The Morgan fingerprint density at radius 2 is 1.60 bits per heavy atom. The molecule has 0 aliphatic heterocycles. The van der Waals surface area contributed by atoms with Gasteiger partial charge in [-0.15, -0.1) is 0 Å². The van der Waals surface area contributed by atoms with Crippen molar-refractivity contribution in [1.82, 2.24) is 0 Å². The summed E-state index contributed by atoms with van der Waals surface area (Å²) in [7, 11) is 0. The van der Waals surface area contributed by atoms with Crippen LogP contribution in [0.4, 0.5) is 0 Å². The predicted molar refractivity (Wildman–Crippen MR) is 129 cm³/mol. The Hall–Kier alpha value is -1.63. The molecule has 8 atom stereocenters. The quantitative estimate of drug-likeness (QED) is 0.453. The van der Waals surface area contributed by atoms with Crippen molar-refractivity contribution in [2.75, 3.05) is 6.61 Å². The van der Waals surface area contributed by atoms with Crippen molar-refractivity contribution in [2.45, 2.75) is 117 Å². The lowest BCUT2D eigenvalue weighted by Gasteiger charge is -2.63. The predicted octanol–water partition coefficient (Wildman–Crippen LogP) is 4.58. The highest BCUT2D eigenvalue weighted by molar-refractivity contribution is 5.75. The van der Waals surface area contributed by atoms with Crippen LogP contribution < -0.4 is 0 Å². The lowest BCUT2D eigenvalue weighted by atomic mass is 9.43. The molecule has 0 spiro atoms. The molecular weight excluding hydrogens is 448 g/mol. The summed E-state index contributed by atoms with van der Waals surface area (Å²) < 4.78 is 17.3. The number of esters is 3. The van der Waals surface area contributed by atoms with E-state index in [1.54, 1.807) is 0 Å². The Labute approximate surface area is 209 Å². The third kappa shape index (κ3) is 4.40. The molecule has 1 N–H and O–H groups in total. The van der Waals surface area contributed by atoms with Crippen molar-refractivity contribution in [3.05, 3.63) is 0 Å². The lowest BCUT2D eigenvalue weighted by Crippen LogP contribution is -2.64. The zero-order chi connectivity index (χ0) is 25.8. The molecule has 4 rings (SSSR count). The van der Waals surface area contributed by atoms with Gasteiger partial charge in [-0.3, -0.25) is 14.4 Å². The molecule has 0 saturated heterocycles. The molecule has 4 fully saturated rings. The van der Waals surface area contributed by atoms with Gasteiger partial charge in [0.25, 0.3) is 0 Å². The van der Waals surface area contributed by atoms with Crippen LogP contribution in [0.5, 0.6) is 0 Å². The Morgan fingerprint density at radius 3 is 2.23 bits per heavy atom. The Morgan fingerprint density at radius 1 is 0.886 bits per heavy atom. The first-order valence-corrected chi connectivity index (χ1v) is 13.5. The van der Waals surface area contributed by atoms with E-state index >= 15 is 0 Å². The number of carbonyl (C=O) groups excluding carboxylic acids is 3. The first-order valence-electron chi connectivity index (χ1n) is 13.5. The van der Waals surface area contributed by atoms with Gasteiger partial charge in [0.1, 0.15) is 12.2 Å². The van der Waals surface area contributed by atoms with Crippen LogP contribution in [0.15, 0.2) is 0 Å². The van der Waals surface area contributed by atoms with E-state index in [1.165, 1.54) is 13.8 Å². The second-order valence-corrected chi connectivity index (χ2v) is 13.1. The molecule has 35 heavy (non-hydrogen) atoms. The van der Waals surface area contributed by atoms with Gasteiger partial charge in [0, 0.05) is 24.7 Å². The molecule has 198 valence electrons. The maximum absolute atomic E-state index is 12.7. The standard InChI is InChI=1S/C28H44O7/c1-17(29)33-16-27-13-9-20(34-18(2)30)15-19(27)7-8-22-21(27)10-12-26(6)23(11-14-28(22,26)32)35-24(31)25(3,4)5/h19-23,32H,7-16H2,1-6H3/t19?,20?,21-,22-,23?,26-,27-,28-/m1/s1. The molecule has 4 aliphatic rings. The van der Waals surface area contributed by atoms with E-state index in [0.29, 0.717) is 19.4 Å². The van der Waals surface area contributed by atoms with Crippen molar-refractivity contribution in [1.29, 1.82) is 0 Å². The van der Waals surface area contributed by atoms with Crippen LogP contribution in [0.3, 0.4) is 0 Å². The van der Waals surface area contributed by atoms with Crippen LogP contribution in [-0.2, 0) is 28.6 Å². The second kappa shape index (κ2) is 9.04. The van der Waals surface area contributed by atoms with Crippen LogP contribution in [0.2, 0.25) is 0 Å². The summed E-state index contributed by atoms with van der Waals surface area (Å²) in [6, 6.07) is 0. The van der Waals surface area contributed by atoms with Crippen LogP contribution in [-0.4, -0.2) is 47.4 Å². The summed E-state index contributed by atoms with van der Waals surface area (Å²) in [5.74, 6) is -0.179. The minimum absolute atomic E-state index is 0.0664. The van der Waals surface area contributed by atoms with E-state index in [4.69, 9.17) is 14.2 Å². The van der Waals surface area contributed by atoms with E-state index in [1.807, 2.05) is 20.8 Å². The Balaban J connectivity index is 1.61. The van der Waals surface area contributed by atoms with Gasteiger partial charge < -0.3 is 19.3 Å². The van der Waals surface area contributed by atoms with E-state index < -0.39 is 16.4 Å². The van der Waals surface area contributed by atoms with Crippen LogP contribution in [0.1, 0.15) is 99.3 Å². The molecule has 7 heteroatoms. The molecule has 0 aromatic rings. The summed E-state index contributed by atoms with van der Waals surface area (Å²) in [4.78, 5) is 36.2. The average molecular weight is 493 g/mol. The monoisotopic (exact) mass is 492 g/mol. The minimum atomic E-state index is -0.917. The van der Waals surface area contributed by atoms with E-state index in [-0.39, 0.29) is 53.3 Å². The first-order chi connectivity index (χ1) is 16.2. The van der Waals surface area contributed by atoms with Gasteiger partial charge in [0.05, 0.1) is 17.6 Å². The van der Waals surface area contributed by atoms with Gasteiger partial charge in [0.15, 0.2) is 0 Å². The number of hydrogen-bond acceptors (Lipinski definition) is 7. The summed E-state index contributed by atoms with van der Waals surface area (Å²) in [6.45, 7) is 11.0. The molecule has 0 bridgehead atoms. The molecule has 4 aliphatic carbocycles. The minimum Gasteiger partial charge on any atom is -0.465 e. The van der Waals surface area contributed by atoms with Gasteiger partial charge in [-0.2, -0.15) is 0 Å². The van der Waals surface area contributed by atoms with Gasteiger partial charge >= 0.3 is 17.9 Å². The fraction of sp³-hybridized carbons (Fsp3) is 0.893.